The molecule has 2 aromatic carbocycles. The molecular formula is C18H18FN3OS. The normalized spacial score (nSPS) is 12.2. The molecule has 0 unspecified atom stereocenters. The van der Waals surface area contributed by atoms with Gasteiger partial charge in [0.25, 0.3) is 0 Å². The third-order valence-corrected chi connectivity index (χ3v) is 4.81. The number of rotatable bonds is 6. The number of imidazole rings is 1. The quantitative estimate of drug-likeness (QED) is 0.715. The van der Waals surface area contributed by atoms with Crippen molar-refractivity contribution in [3.05, 3.63) is 65.7 Å². The number of nitrogens with one attached hydrogen (secondary N) is 2. The Balaban J connectivity index is 1.49. The molecule has 3 rings (SSSR count). The Hall–Kier alpha value is -2.34. The summed E-state index contributed by atoms with van der Waals surface area (Å²) in [5.41, 5.74) is 2.81. The van der Waals surface area contributed by atoms with E-state index in [4.69, 9.17) is 0 Å². The zero-order chi connectivity index (χ0) is 16.9. The standard InChI is InChI=1S/C18H18FN3OS/c1-12(18-21-15-4-2-3-5-16(15)22-18)24-11-17(23)20-10-13-6-8-14(19)9-7-13/h2-9,12H,10-11H2,1H3,(H,20,23)(H,21,22)/t12-/m0/s1. The van der Waals surface area contributed by atoms with Gasteiger partial charge in [-0.2, -0.15) is 0 Å². The molecule has 1 atom stereocenters. The lowest BCUT2D eigenvalue weighted by Crippen LogP contribution is -2.24. The lowest BCUT2D eigenvalue weighted by Gasteiger charge is -2.09. The molecule has 1 amide bonds. The second-order valence-corrected chi connectivity index (χ2v) is 6.82. The number of aromatic amines is 1. The van der Waals surface area contributed by atoms with E-state index in [0.29, 0.717) is 12.3 Å². The molecule has 1 heterocycles. The van der Waals surface area contributed by atoms with Crippen LogP contribution in [-0.4, -0.2) is 21.6 Å². The van der Waals surface area contributed by atoms with E-state index in [2.05, 4.69) is 15.3 Å². The van der Waals surface area contributed by atoms with Gasteiger partial charge in [0, 0.05) is 6.54 Å². The van der Waals surface area contributed by atoms with Crippen molar-refractivity contribution < 1.29 is 9.18 Å². The topological polar surface area (TPSA) is 57.8 Å². The molecule has 1 aromatic heterocycles. The van der Waals surface area contributed by atoms with E-state index in [1.807, 2.05) is 31.2 Å². The molecule has 0 aliphatic heterocycles. The van der Waals surface area contributed by atoms with Crippen LogP contribution in [0.2, 0.25) is 0 Å². The van der Waals surface area contributed by atoms with E-state index in [9.17, 15) is 9.18 Å². The van der Waals surface area contributed by atoms with Crippen molar-refractivity contribution in [1.29, 1.82) is 0 Å². The number of H-pyrrole nitrogens is 1. The largest absolute Gasteiger partial charge is 0.351 e. The highest BCUT2D eigenvalue weighted by molar-refractivity contribution is 8.00. The SMILES string of the molecule is C[C@H](SCC(=O)NCc1ccc(F)cc1)c1nc2ccccc2[nH]1. The van der Waals surface area contributed by atoms with Gasteiger partial charge in [-0.1, -0.05) is 24.3 Å². The van der Waals surface area contributed by atoms with E-state index >= 15 is 0 Å². The van der Waals surface area contributed by atoms with Crippen LogP contribution in [0.3, 0.4) is 0 Å². The predicted octanol–water partition coefficient (Wildman–Crippen LogP) is 3.81. The summed E-state index contributed by atoms with van der Waals surface area (Å²) >= 11 is 1.52. The molecular weight excluding hydrogens is 325 g/mol. The van der Waals surface area contributed by atoms with E-state index in [-0.39, 0.29) is 17.0 Å². The number of amides is 1. The van der Waals surface area contributed by atoms with Gasteiger partial charge in [0.1, 0.15) is 11.6 Å². The molecule has 0 saturated carbocycles. The fourth-order valence-electron chi connectivity index (χ4n) is 2.30. The molecule has 0 saturated heterocycles. The molecule has 0 aliphatic carbocycles. The maximum absolute atomic E-state index is 12.8. The Bertz CT molecular complexity index is 799. The van der Waals surface area contributed by atoms with Crippen molar-refractivity contribution in [3.63, 3.8) is 0 Å². The minimum Gasteiger partial charge on any atom is -0.351 e. The van der Waals surface area contributed by atoms with Gasteiger partial charge in [0.15, 0.2) is 0 Å². The molecule has 0 spiro atoms. The van der Waals surface area contributed by atoms with Crippen molar-refractivity contribution in [2.75, 3.05) is 5.75 Å². The van der Waals surface area contributed by atoms with Gasteiger partial charge < -0.3 is 10.3 Å². The van der Waals surface area contributed by atoms with Crippen LogP contribution in [0.25, 0.3) is 11.0 Å². The van der Waals surface area contributed by atoms with E-state index in [0.717, 1.165) is 22.4 Å². The Kier molecular flexibility index (Phi) is 5.15. The number of para-hydroxylation sites is 2. The molecule has 3 aromatic rings. The number of nitrogens with zero attached hydrogens (tertiary/aromatic N) is 1. The van der Waals surface area contributed by atoms with Gasteiger partial charge in [0.2, 0.25) is 5.91 Å². The van der Waals surface area contributed by atoms with Crippen LogP contribution in [0.15, 0.2) is 48.5 Å². The van der Waals surface area contributed by atoms with Gasteiger partial charge in [-0.3, -0.25) is 4.79 Å². The van der Waals surface area contributed by atoms with E-state index < -0.39 is 0 Å². The highest BCUT2D eigenvalue weighted by atomic mass is 32.2. The molecule has 0 fully saturated rings. The van der Waals surface area contributed by atoms with Crippen LogP contribution in [0.4, 0.5) is 4.39 Å². The average Bonchev–Trinajstić information content (AvgIpc) is 3.03. The zero-order valence-corrected chi connectivity index (χ0v) is 14.1. The van der Waals surface area contributed by atoms with Crippen LogP contribution >= 0.6 is 11.8 Å². The molecule has 0 bridgehead atoms. The maximum atomic E-state index is 12.8. The first-order valence-corrected chi connectivity index (χ1v) is 8.74. The Morgan fingerprint density at radius 1 is 1.25 bits per heavy atom. The number of halogens is 1. The Morgan fingerprint density at radius 2 is 2.00 bits per heavy atom. The summed E-state index contributed by atoms with van der Waals surface area (Å²) in [6, 6.07) is 14.0. The molecule has 24 heavy (non-hydrogen) atoms. The van der Waals surface area contributed by atoms with Gasteiger partial charge in [-0.15, -0.1) is 11.8 Å². The molecule has 6 heteroatoms. The molecule has 124 valence electrons. The highest BCUT2D eigenvalue weighted by Crippen LogP contribution is 2.27. The van der Waals surface area contributed by atoms with Crippen molar-refractivity contribution in [1.82, 2.24) is 15.3 Å². The monoisotopic (exact) mass is 343 g/mol. The number of fused-ring (bicyclic) bond motifs is 1. The summed E-state index contributed by atoms with van der Waals surface area (Å²) in [7, 11) is 0. The van der Waals surface area contributed by atoms with E-state index in [1.165, 1.54) is 23.9 Å². The van der Waals surface area contributed by atoms with E-state index in [1.54, 1.807) is 12.1 Å². The molecule has 0 aliphatic rings. The third kappa shape index (κ3) is 4.14. The first kappa shape index (κ1) is 16.5. The first-order valence-electron chi connectivity index (χ1n) is 7.69. The fraction of sp³-hybridized carbons (Fsp3) is 0.222. The van der Waals surface area contributed by atoms with Crippen molar-refractivity contribution >= 4 is 28.7 Å². The van der Waals surface area contributed by atoms with Crippen molar-refractivity contribution in [2.24, 2.45) is 0 Å². The van der Waals surface area contributed by atoms with Gasteiger partial charge in [0.05, 0.1) is 22.0 Å². The second kappa shape index (κ2) is 7.49. The minimum absolute atomic E-state index is 0.0488. The zero-order valence-electron chi connectivity index (χ0n) is 13.3. The lowest BCUT2D eigenvalue weighted by atomic mass is 10.2. The molecule has 2 N–H and O–H groups in total. The predicted molar refractivity (Wildman–Crippen MR) is 95.2 cm³/mol. The number of hydrogen-bond acceptors (Lipinski definition) is 3. The Labute approximate surface area is 143 Å². The first-order chi connectivity index (χ1) is 11.6. The number of thioether (sulfide) groups is 1. The maximum Gasteiger partial charge on any atom is 0.230 e. The smallest absolute Gasteiger partial charge is 0.230 e. The van der Waals surface area contributed by atoms with Crippen LogP contribution in [0.5, 0.6) is 0 Å². The van der Waals surface area contributed by atoms with Crippen molar-refractivity contribution in [3.8, 4) is 0 Å². The second-order valence-electron chi connectivity index (χ2n) is 5.50. The van der Waals surface area contributed by atoms with Crippen molar-refractivity contribution in [2.45, 2.75) is 18.7 Å². The molecule has 4 nitrogen and oxygen atoms in total. The number of hydrogen-bond donors (Lipinski definition) is 2. The molecule has 0 radical (unpaired) electrons. The van der Waals surface area contributed by atoms with Crippen LogP contribution < -0.4 is 5.32 Å². The summed E-state index contributed by atoms with van der Waals surface area (Å²) in [4.78, 5) is 19.8. The van der Waals surface area contributed by atoms with Gasteiger partial charge in [-0.25, -0.2) is 9.37 Å². The summed E-state index contributed by atoms with van der Waals surface area (Å²) < 4.78 is 12.8. The number of benzene rings is 2. The fourth-order valence-corrected chi connectivity index (χ4v) is 3.07. The van der Waals surface area contributed by atoms with Gasteiger partial charge >= 0.3 is 0 Å². The van der Waals surface area contributed by atoms with Crippen LogP contribution in [0, 0.1) is 5.82 Å². The average molecular weight is 343 g/mol. The number of aromatic nitrogens is 2. The third-order valence-electron chi connectivity index (χ3n) is 3.66. The summed E-state index contributed by atoms with van der Waals surface area (Å²) in [5.74, 6) is 0.888. The highest BCUT2D eigenvalue weighted by Gasteiger charge is 2.13. The van der Waals surface area contributed by atoms with Gasteiger partial charge in [-0.05, 0) is 36.8 Å². The summed E-state index contributed by atoms with van der Waals surface area (Å²) in [6.45, 7) is 2.42. The summed E-state index contributed by atoms with van der Waals surface area (Å²) in [6.07, 6.45) is 0. The van der Waals surface area contributed by atoms with Crippen LogP contribution in [-0.2, 0) is 11.3 Å². The lowest BCUT2D eigenvalue weighted by molar-refractivity contribution is -0.118. The Morgan fingerprint density at radius 3 is 2.75 bits per heavy atom. The number of carbonyl (C=O) groups is 1. The minimum atomic E-state index is -0.278. The van der Waals surface area contributed by atoms with Crippen LogP contribution in [0.1, 0.15) is 23.6 Å². The summed E-state index contributed by atoms with van der Waals surface area (Å²) in [5, 5.41) is 2.93. The number of carbonyl (C=O) groups excluding carboxylic acids is 1.